The lowest BCUT2D eigenvalue weighted by Gasteiger charge is -2.23. The van der Waals surface area contributed by atoms with Crippen LogP contribution in [0.15, 0.2) is 51.8 Å². The second-order valence-electron chi connectivity index (χ2n) is 7.46. The van der Waals surface area contributed by atoms with E-state index in [1.54, 1.807) is 6.07 Å². The summed E-state index contributed by atoms with van der Waals surface area (Å²) in [5, 5.41) is 2.92. The zero-order valence-corrected chi connectivity index (χ0v) is 19.4. The Morgan fingerprint density at radius 3 is 2.66 bits per heavy atom. The van der Waals surface area contributed by atoms with E-state index in [1.165, 1.54) is 12.1 Å². The highest BCUT2D eigenvalue weighted by atomic mass is 35.5. The second kappa shape index (κ2) is 9.66. The smallest absolute Gasteiger partial charge is 0.298 e. The molecule has 1 amide bonds. The third-order valence-electron chi connectivity index (χ3n) is 5.27. The summed E-state index contributed by atoms with van der Waals surface area (Å²) in [6, 6.07) is 12.6. The van der Waals surface area contributed by atoms with Crippen molar-refractivity contribution in [3.63, 3.8) is 0 Å². The normalized spacial score (nSPS) is 16.6. The first-order valence-corrected chi connectivity index (χ1v) is 12.4. The van der Waals surface area contributed by atoms with Crippen molar-refractivity contribution >= 4 is 56.2 Å². The molecule has 4 rings (SSSR count). The lowest BCUT2D eigenvalue weighted by atomic mass is 10.2. The van der Waals surface area contributed by atoms with Gasteiger partial charge < -0.3 is 14.6 Å². The van der Waals surface area contributed by atoms with Gasteiger partial charge in [-0.1, -0.05) is 41.4 Å². The Morgan fingerprint density at radius 2 is 1.91 bits per heavy atom. The van der Waals surface area contributed by atoms with Crippen LogP contribution in [-0.2, 0) is 14.8 Å². The fraction of sp³-hybridized carbons (Fsp3) is 0.333. The predicted octanol–water partition coefficient (Wildman–Crippen LogP) is 3.59. The molecule has 1 saturated heterocycles. The molecule has 0 aliphatic carbocycles. The van der Waals surface area contributed by atoms with Crippen molar-refractivity contribution in [2.45, 2.75) is 30.2 Å². The molecule has 8 nitrogen and oxygen atoms in total. The minimum absolute atomic E-state index is 0.0170. The Kier molecular flexibility index (Phi) is 6.90. The number of amides is 1. The van der Waals surface area contributed by atoms with Gasteiger partial charge in [0.15, 0.2) is 5.58 Å². The molecule has 1 fully saturated rings. The van der Waals surface area contributed by atoms with Gasteiger partial charge in [0.25, 0.3) is 6.01 Å². The van der Waals surface area contributed by atoms with E-state index in [9.17, 15) is 13.2 Å². The summed E-state index contributed by atoms with van der Waals surface area (Å²) >= 11 is 11.9. The number of para-hydroxylation sites is 2. The molecule has 1 atom stereocenters. The quantitative estimate of drug-likeness (QED) is 0.493. The van der Waals surface area contributed by atoms with Crippen molar-refractivity contribution < 1.29 is 17.6 Å². The summed E-state index contributed by atoms with van der Waals surface area (Å²) in [7, 11) is -3.93. The SMILES string of the molecule is O=C(CCNS(=O)(=O)c1c(Cl)cccc1Cl)NCC1CCCN1c1nc2ccccc2o1. The van der Waals surface area contributed by atoms with Crippen LogP contribution in [0.5, 0.6) is 0 Å². The first kappa shape index (κ1) is 22.8. The van der Waals surface area contributed by atoms with Crippen LogP contribution >= 0.6 is 23.2 Å². The molecule has 2 aromatic carbocycles. The highest BCUT2D eigenvalue weighted by molar-refractivity contribution is 7.89. The zero-order valence-electron chi connectivity index (χ0n) is 17.1. The van der Waals surface area contributed by atoms with Gasteiger partial charge in [0.2, 0.25) is 15.9 Å². The number of halogens is 2. The summed E-state index contributed by atoms with van der Waals surface area (Å²) in [5.74, 6) is -0.262. The lowest BCUT2D eigenvalue weighted by Crippen LogP contribution is -2.41. The topological polar surface area (TPSA) is 105 Å². The molecule has 170 valence electrons. The Labute approximate surface area is 195 Å². The molecule has 2 N–H and O–H groups in total. The number of anilines is 1. The number of fused-ring (bicyclic) bond motifs is 1. The Morgan fingerprint density at radius 1 is 1.16 bits per heavy atom. The van der Waals surface area contributed by atoms with E-state index in [-0.39, 0.29) is 39.9 Å². The highest BCUT2D eigenvalue weighted by Gasteiger charge is 2.29. The number of oxazole rings is 1. The summed E-state index contributed by atoms with van der Waals surface area (Å²) < 4.78 is 33.1. The Balaban J connectivity index is 1.29. The maximum atomic E-state index is 12.5. The monoisotopic (exact) mass is 496 g/mol. The van der Waals surface area contributed by atoms with Crippen molar-refractivity contribution in [3.8, 4) is 0 Å². The molecule has 32 heavy (non-hydrogen) atoms. The van der Waals surface area contributed by atoms with Crippen LogP contribution in [0.3, 0.4) is 0 Å². The molecule has 1 aromatic heterocycles. The molecule has 3 aromatic rings. The van der Waals surface area contributed by atoms with Crippen LogP contribution in [0.2, 0.25) is 10.0 Å². The van der Waals surface area contributed by atoms with Crippen LogP contribution in [0.4, 0.5) is 6.01 Å². The van der Waals surface area contributed by atoms with Gasteiger partial charge in [-0.25, -0.2) is 13.1 Å². The largest absolute Gasteiger partial charge is 0.423 e. The summed E-state index contributed by atoms with van der Waals surface area (Å²) in [5.41, 5.74) is 1.52. The molecule has 1 aliphatic rings. The number of benzene rings is 2. The van der Waals surface area contributed by atoms with E-state index in [1.807, 2.05) is 24.3 Å². The number of sulfonamides is 1. The van der Waals surface area contributed by atoms with Crippen molar-refractivity contribution in [2.24, 2.45) is 0 Å². The van der Waals surface area contributed by atoms with Gasteiger partial charge in [0, 0.05) is 26.1 Å². The molecule has 0 bridgehead atoms. The minimum atomic E-state index is -3.93. The number of nitrogens with one attached hydrogen (secondary N) is 2. The minimum Gasteiger partial charge on any atom is -0.423 e. The first-order chi connectivity index (χ1) is 15.3. The summed E-state index contributed by atoms with van der Waals surface area (Å²) in [6.07, 6.45) is 1.85. The number of aromatic nitrogens is 1. The Hall–Kier alpha value is -2.33. The number of rotatable bonds is 8. The van der Waals surface area contributed by atoms with Gasteiger partial charge in [-0.2, -0.15) is 4.98 Å². The Bertz CT molecular complexity index is 1180. The van der Waals surface area contributed by atoms with E-state index in [0.717, 1.165) is 30.5 Å². The lowest BCUT2D eigenvalue weighted by molar-refractivity contribution is -0.120. The van der Waals surface area contributed by atoms with Crippen molar-refractivity contribution in [2.75, 3.05) is 24.5 Å². The van der Waals surface area contributed by atoms with Crippen LogP contribution in [-0.4, -0.2) is 45.0 Å². The van der Waals surface area contributed by atoms with E-state index < -0.39 is 10.0 Å². The van der Waals surface area contributed by atoms with Gasteiger partial charge in [0.1, 0.15) is 10.4 Å². The maximum absolute atomic E-state index is 12.5. The van der Waals surface area contributed by atoms with Crippen LogP contribution in [0.25, 0.3) is 11.1 Å². The molecule has 1 unspecified atom stereocenters. The summed E-state index contributed by atoms with van der Waals surface area (Å²) in [4.78, 5) is 18.7. The fourth-order valence-corrected chi connectivity index (χ4v) is 5.88. The van der Waals surface area contributed by atoms with Crippen LogP contribution in [0, 0.1) is 0 Å². The van der Waals surface area contributed by atoms with Gasteiger partial charge in [0.05, 0.1) is 16.1 Å². The molecule has 1 aliphatic heterocycles. The molecule has 0 spiro atoms. The number of nitrogens with zero attached hydrogens (tertiary/aromatic N) is 2. The van der Waals surface area contributed by atoms with Gasteiger partial charge in [-0.05, 0) is 37.1 Å². The van der Waals surface area contributed by atoms with Crippen molar-refractivity contribution in [1.82, 2.24) is 15.0 Å². The predicted molar refractivity (Wildman–Crippen MR) is 124 cm³/mol. The van der Waals surface area contributed by atoms with E-state index >= 15 is 0 Å². The third-order valence-corrected chi connectivity index (χ3v) is 7.69. The third kappa shape index (κ3) is 5.01. The molecule has 11 heteroatoms. The van der Waals surface area contributed by atoms with Crippen molar-refractivity contribution in [1.29, 1.82) is 0 Å². The van der Waals surface area contributed by atoms with Crippen LogP contribution in [0.1, 0.15) is 19.3 Å². The van der Waals surface area contributed by atoms with Crippen molar-refractivity contribution in [3.05, 3.63) is 52.5 Å². The molecule has 2 heterocycles. The van der Waals surface area contributed by atoms with E-state index in [4.69, 9.17) is 27.6 Å². The maximum Gasteiger partial charge on any atom is 0.298 e. The average Bonchev–Trinajstić information content (AvgIpc) is 3.38. The highest BCUT2D eigenvalue weighted by Crippen LogP contribution is 2.29. The molecule has 0 saturated carbocycles. The van der Waals surface area contributed by atoms with Gasteiger partial charge >= 0.3 is 0 Å². The van der Waals surface area contributed by atoms with Crippen LogP contribution < -0.4 is 14.9 Å². The second-order valence-corrected chi connectivity index (χ2v) is 9.97. The number of carbonyl (C=O) groups is 1. The molecule has 0 radical (unpaired) electrons. The zero-order chi connectivity index (χ0) is 22.7. The van der Waals surface area contributed by atoms with Gasteiger partial charge in [-0.3, -0.25) is 4.79 Å². The fourth-order valence-electron chi connectivity index (χ4n) is 3.71. The number of carbonyl (C=O) groups excluding carboxylic acids is 1. The average molecular weight is 497 g/mol. The van der Waals surface area contributed by atoms with E-state index in [0.29, 0.717) is 12.6 Å². The number of hydrogen-bond acceptors (Lipinski definition) is 6. The van der Waals surface area contributed by atoms with Gasteiger partial charge in [-0.15, -0.1) is 0 Å². The standard InChI is InChI=1S/C21H22Cl2N4O4S/c22-15-6-3-7-16(23)20(15)32(29,30)25-11-10-19(28)24-13-14-5-4-12-27(14)21-26-17-8-1-2-9-18(17)31-21/h1-3,6-9,14,25H,4-5,10-13H2,(H,24,28). The summed E-state index contributed by atoms with van der Waals surface area (Å²) in [6.45, 7) is 1.14. The molecular weight excluding hydrogens is 475 g/mol. The number of hydrogen-bond donors (Lipinski definition) is 2. The van der Waals surface area contributed by atoms with E-state index in [2.05, 4.69) is 19.9 Å². The molecular formula is C21H22Cl2N4O4S. The first-order valence-electron chi connectivity index (χ1n) is 10.2.